The van der Waals surface area contributed by atoms with Gasteiger partial charge < -0.3 is 10.3 Å². The lowest BCUT2D eigenvalue weighted by Crippen LogP contribution is -2.22. The van der Waals surface area contributed by atoms with E-state index in [1.807, 2.05) is 24.3 Å². The van der Waals surface area contributed by atoms with Gasteiger partial charge in [0.05, 0.1) is 22.0 Å². The van der Waals surface area contributed by atoms with Crippen LogP contribution in [-0.2, 0) is 14.8 Å². The van der Waals surface area contributed by atoms with E-state index in [1.54, 1.807) is 13.1 Å². The number of amides is 1. The van der Waals surface area contributed by atoms with Crippen LogP contribution in [0.5, 0.6) is 0 Å². The third-order valence-electron chi connectivity index (χ3n) is 3.82. The van der Waals surface area contributed by atoms with Crippen molar-refractivity contribution in [3.05, 3.63) is 59.2 Å². The van der Waals surface area contributed by atoms with Crippen molar-refractivity contribution in [1.29, 1.82) is 0 Å². The number of thioether (sulfide) groups is 1. The average molecular weight is 481 g/mol. The number of aromatic amines is 1. The van der Waals surface area contributed by atoms with Gasteiger partial charge in [0.1, 0.15) is 0 Å². The molecule has 3 aromatic rings. The Morgan fingerprint density at radius 2 is 1.82 bits per heavy atom. The number of anilines is 1. The molecule has 146 valence electrons. The van der Waals surface area contributed by atoms with Crippen LogP contribution in [0.4, 0.5) is 5.69 Å². The highest BCUT2D eigenvalue weighted by Gasteiger charge is 2.17. The van der Waals surface area contributed by atoms with Gasteiger partial charge in [-0.15, -0.1) is 0 Å². The summed E-state index contributed by atoms with van der Waals surface area (Å²) in [6.45, 7) is 1.76. The van der Waals surface area contributed by atoms with Crippen molar-refractivity contribution in [3.63, 3.8) is 0 Å². The summed E-state index contributed by atoms with van der Waals surface area (Å²) in [6.07, 6.45) is 1.72. The minimum absolute atomic E-state index is 0.0102. The zero-order valence-corrected chi connectivity index (χ0v) is 17.9. The molecule has 3 rings (SSSR count). The van der Waals surface area contributed by atoms with Crippen LogP contribution in [0.15, 0.2) is 69.3 Å². The average Bonchev–Trinajstić information content (AvgIpc) is 3.10. The number of hydrogen-bond donors (Lipinski definition) is 3. The van der Waals surface area contributed by atoms with E-state index >= 15 is 0 Å². The predicted molar refractivity (Wildman–Crippen MR) is 113 cm³/mol. The van der Waals surface area contributed by atoms with Gasteiger partial charge in [-0.3, -0.25) is 4.79 Å². The lowest BCUT2D eigenvalue weighted by Gasteiger charge is -2.11. The molecule has 0 aliphatic rings. The summed E-state index contributed by atoms with van der Waals surface area (Å²) in [5.41, 5.74) is 2.34. The number of nitrogens with zero attached hydrogens (tertiary/aromatic N) is 1. The second kappa shape index (κ2) is 8.48. The van der Waals surface area contributed by atoms with Gasteiger partial charge in [0.15, 0.2) is 5.16 Å². The van der Waals surface area contributed by atoms with Crippen molar-refractivity contribution in [2.45, 2.75) is 22.2 Å². The highest BCUT2D eigenvalue weighted by atomic mass is 79.9. The van der Waals surface area contributed by atoms with Crippen LogP contribution < -0.4 is 10.5 Å². The number of benzene rings is 2. The lowest BCUT2D eigenvalue weighted by atomic mass is 10.2. The number of carbonyl (C=O) groups excluding carboxylic acids is 1. The van der Waals surface area contributed by atoms with E-state index in [2.05, 4.69) is 31.2 Å². The Labute approximate surface area is 175 Å². The molecule has 0 saturated carbocycles. The summed E-state index contributed by atoms with van der Waals surface area (Å²) in [5, 5.41) is 8.02. The smallest absolute Gasteiger partial charge is 0.238 e. The first-order valence-corrected chi connectivity index (χ1v) is 11.4. The van der Waals surface area contributed by atoms with Gasteiger partial charge in [0.25, 0.3) is 0 Å². The van der Waals surface area contributed by atoms with Crippen molar-refractivity contribution in [2.24, 2.45) is 5.14 Å². The number of carbonyl (C=O) groups is 1. The van der Waals surface area contributed by atoms with E-state index in [-0.39, 0.29) is 10.8 Å². The molecular formula is C18H17BrN4O3S2. The van der Waals surface area contributed by atoms with E-state index in [0.717, 1.165) is 15.7 Å². The number of hydrogen-bond acceptors (Lipinski definition) is 5. The summed E-state index contributed by atoms with van der Waals surface area (Å²) < 4.78 is 23.5. The molecule has 0 saturated heterocycles. The molecule has 28 heavy (non-hydrogen) atoms. The van der Waals surface area contributed by atoms with E-state index in [0.29, 0.717) is 10.8 Å². The third-order valence-corrected chi connectivity index (χ3v) is 6.27. The fourth-order valence-corrected chi connectivity index (χ4v) is 3.89. The van der Waals surface area contributed by atoms with Gasteiger partial charge in [-0.25, -0.2) is 18.5 Å². The summed E-state index contributed by atoms with van der Waals surface area (Å²) in [4.78, 5) is 19.9. The van der Waals surface area contributed by atoms with Crippen molar-refractivity contribution in [1.82, 2.24) is 9.97 Å². The molecule has 4 N–H and O–H groups in total. The normalized spacial score (nSPS) is 12.5. The summed E-state index contributed by atoms with van der Waals surface area (Å²) in [7, 11) is -3.76. The monoisotopic (exact) mass is 480 g/mol. The minimum Gasteiger partial charge on any atom is -0.333 e. The van der Waals surface area contributed by atoms with Crippen LogP contribution in [0.3, 0.4) is 0 Å². The Hall–Kier alpha value is -2.14. The molecule has 1 aromatic heterocycles. The number of halogens is 1. The summed E-state index contributed by atoms with van der Waals surface area (Å²) >= 11 is 4.70. The Kier molecular flexibility index (Phi) is 6.23. The maximum atomic E-state index is 12.4. The molecule has 10 heteroatoms. The van der Waals surface area contributed by atoms with Crippen molar-refractivity contribution < 1.29 is 13.2 Å². The standard InChI is InChI=1S/C18H17BrN4O3S2/c1-11(17(24)22-14-6-8-15(9-7-14)28(20,25)26)27-18-21-10-16(23-18)12-2-4-13(19)5-3-12/h2-11H,1H3,(H,21,23)(H,22,24)(H2,20,25,26)/t11-/m1/s1. The van der Waals surface area contributed by atoms with Gasteiger partial charge in [-0.05, 0) is 48.9 Å². The van der Waals surface area contributed by atoms with Crippen LogP contribution in [0, 0.1) is 0 Å². The van der Waals surface area contributed by atoms with E-state index in [1.165, 1.54) is 36.0 Å². The maximum absolute atomic E-state index is 12.4. The number of rotatable bonds is 6. The molecule has 0 unspecified atom stereocenters. The SMILES string of the molecule is C[C@@H](Sc1ncc(-c2ccc(Br)cc2)[nH]1)C(=O)Nc1ccc(S(N)(=O)=O)cc1. The Bertz CT molecular complexity index is 1080. The molecule has 1 heterocycles. The lowest BCUT2D eigenvalue weighted by molar-refractivity contribution is -0.115. The van der Waals surface area contributed by atoms with Crippen LogP contribution in [0.2, 0.25) is 0 Å². The van der Waals surface area contributed by atoms with E-state index in [4.69, 9.17) is 5.14 Å². The molecule has 0 spiro atoms. The first-order chi connectivity index (χ1) is 13.2. The fraction of sp³-hybridized carbons (Fsp3) is 0.111. The van der Waals surface area contributed by atoms with E-state index < -0.39 is 15.3 Å². The molecule has 0 bridgehead atoms. The number of aromatic nitrogens is 2. The molecule has 0 fully saturated rings. The van der Waals surface area contributed by atoms with Gasteiger partial charge in [0, 0.05) is 10.2 Å². The molecular weight excluding hydrogens is 464 g/mol. The van der Waals surface area contributed by atoms with Crippen LogP contribution in [0.25, 0.3) is 11.3 Å². The quantitative estimate of drug-likeness (QED) is 0.465. The molecule has 0 aliphatic carbocycles. The zero-order valence-electron chi connectivity index (χ0n) is 14.7. The molecule has 7 nitrogen and oxygen atoms in total. The van der Waals surface area contributed by atoms with Crippen molar-refractivity contribution in [3.8, 4) is 11.3 Å². The molecule has 2 aromatic carbocycles. The summed E-state index contributed by atoms with van der Waals surface area (Å²) in [5.74, 6) is -0.227. The Morgan fingerprint density at radius 1 is 1.18 bits per heavy atom. The van der Waals surface area contributed by atoms with Crippen LogP contribution >= 0.6 is 27.7 Å². The number of nitrogens with two attached hydrogens (primary N) is 1. The third kappa shape index (κ3) is 5.22. The molecule has 0 aliphatic heterocycles. The zero-order chi connectivity index (χ0) is 20.3. The first kappa shape index (κ1) is 20.6. The number of nitrogens with one attached hydrogen (secondary N) is 2. The largest absolute Gasteiger partial charge is 0.333 e. The van der Waals surface area contributed by atoms with Gasteiger partial charge in [0.2, 0.25) is 15.9 Å². The van der Waals surface area contributed by atoms with Gasteiger partial charge >= 0.3 is 0 Å². The Balaban J connectivity index is 1.62. The fourth-order valence-electron chi connectivity index (χ4n) is 2.33. The predicted octanol–water partition coefficient (Wildman–Crippen LogP) is 3.61. The Morgan fingerprint density at radius 3 is 2.43 bits per heavy atom. The topological polar surface area (TPSA) is 118 Å². The highest BCUT2D eigenvalue weighted by Crippen LogP contribution is 2.26. The number of H-pyrrole nitrogens is 1. The van der Waals surface area contributed by atoms with E-state index in [9.17, 15) is 13.2 Å². The molecule has 1 atom stereocenters. The first-order valence-electron chi connectivity index (χ1n) is 8.14. The number of imidazole rings is 1. The minimum atomic E-state index is -3.76. The van der Waals surface area contributed by atoms with Gasteiger partial charge in [-0.1, -0.05) is 39.8 Å². The second-order valence-electron chi connectivity index (χ2n) is 5.93. The number of sulfonamides is 1. The highest BCUT2D eigenvalue weighted by molar-refractivity contribution is 9.10. The van der Waals surface area contributed by atoms with Crippen molar-refractivity contribution >= 4 is 49.3 Å². The summed E-state index contributed by atoms with van der Waals surface area (Å²) in [6, 6.07) is 13.5. The van der Waals surface area contributed by atoms with Crippen LogP contribution in [-0.4, -0.2) is 29.5 Å². The second-order valence-corrected chi connectivity index (χ2v) is 9.73. The van der Waals surface area contributed by atoms with Crippen molar-refractivity contribution in [2.75, 3.05) is 5.32 Å². The van der Waals surface area contributed by atoms with Gasteiger partial charge in [-0.2, -0.15) is 0 Å². The van der Waals surface area contributed by atoms with Crippen LogP contribution in [0.1, 0.15) is 6.92 Å². The maximum Gasteiger partial charge on any atom is 0.238 e. The number of primary sulfonamides is 1. The molecule has 0 radical (unpaired) electrons. The molecule has 1 amide bonds.